The molecule has 1 aromatic rings. The Morgan fingerprint density at radius 3 is 3.12 bits per heavy atom. The molecule has 0 radical (unpaired) electrons. The number of rotatable bonds is 2. The van der Waals surface area contributed by atoms with Gasteiger partial charge in [-0.15, -0.1) is 0 Å². The molecule has 0 aliphatic carbocycles. The molecular weight excluding hydrogens is 216 g/mol. The first-order valence-corrected chi connectivity index (χ1v) is 6.29. The summed E-state index contributed by atoms with van der Waals surface area (Å²) in [6, 6.07) is 0.286. The van der Waals surface area contributed by atoms with Gasteiger partial charge in [-0.3, -0.25) is 4.79 Å². The number of aryl methyl sites for hydroxylation is 1. The van der Waals surface area contributed by atoms with E-state index in [-0.39, 0.29) is 11.9 Å². The van der Waals surface area contributed by atoms with Crippen molar-refractivity contribution in [2.24, 2.45) is 0 Å². The number of amides is 1. The number of imidazole rings is 1. The minimum absolute atomic E-state index is 0.184. The molecule has 1 atom stereocenters. The molecule has 2 aliphatic heterocycles. The number of aromatic nitrogens is 2. The highest BCUT2D eigenvalue weighted by molar-refractivity contribution is 5.78. The van der Waals surface area contributed by atoms with Crippen molar-refractivity contribution in [2.45, 2.75) is 45.3 Å². The maximum absolute atomic E-state index is 11.2. The second kappa shape index (κ2) is 4.14. The molecule has 92 valence electrons. The summed E-state index contributed by atoms with van der Waals surface area (Å²) < 4.78 is 2.28. The van der Waals surface area contributed by atoms with Gasteiger partial charge in [-0.2, -0.15) is 0 Å². The number of fused-ring (bicyclic) bond motifs is 1. The summed E-state index contributed by atoms with van der Waals surface area (Å²) in [5.74, 6) is 1.25. The van der Waals surface area contributed by atoms with Crippen LogP contribution in [0.4, 0.5) is 0 Å². The standard InChI is InChI=1S/C12H18N4O/c1-8-14-10-6-13-5-4-11(10)16(8)7-9-2-3-12(17)15-9/h9,13H,2-7H2,1H3,(H,15,17). The second-order valence-corrected chi connectivity index (χ2v) is 4.89. The van der Waals surface area contributed by atoms with E-state index < -0.39 is 0 Å². The summed E-state index contributed by atoms with van der Waals surface area (Å²) in [5.41, 5.74) is 2.53. The quantitative estimate of drug-likeness (QED) is 0.764. The zero-order valence-corrected chi connectivity index (χ0v) is 10.1. The van der Waals surface area contributed by atoms with E-state index in [1.54, 1.807) is 0 Å². The molecule has 1 fully saturated rings. The van der Waals surface area contributed by atoms with Crippen LogP contribution in [0.3, 0.4) is 0 Å². The third kappa shape index (κ3) is 1.95. The van der Waals surface area contributed by atoms with Crippen molar-refractivity contribution in [3.05, 3.63) is 17.2 Å². The molecule has 17 heavy (non-hydrogen) atoms. The Morgan fingerprint density at radius 2 is 2.35 bits per heavy atom. The van der Waals surface area contributed by atoms with E-state index in [4.69, 9.17) is 0 Å². The Morgan fingerprint density at radius 1 is 1.47 bits per heavy atom. The van der Waals surface area contributed by atoms with E-state index in [0.29, 0.717) is 6.42 Å². The fourth-order valence-electron chi connectivity index (χ4n) is 2.78. The van der Waals surface area contributed by atoms with E-state index >= 15 is 0 Å². The van der Waals surface area contributed by atoms with Crippen LogP contribution in [-0.2, 0) is 24.3 Å². The monoisotopic (exact) mass is 234 g/mol. The Kier molecular flexibility index (Phi) is 2.63. The lowest BCUT2D eigenvalue weighted by Crippen LogP contribution is -2.32. The average Bonchev–Trinajstić information content (AvgIpc) is 2.85. The fraction of sp³-hybridized carbons (Fsp3) is 0.667. The Hall–Kier alpha value is -1.36. The largest absolute Gasteiger partial charge is 0.352 e. The molecule has 3 rings (SSSR count). The predicted octanol–water partition coefficient (Wildman–Crippen LogP) is 0.116. The highest BCUT2D eigenvalue weighted by Gasteiger charge is 2.24. The Balaban J connectivity index is 1.82. The molecule has 0 spiro atoms. The smallest absolute Gasteiger partial charge is 0.220 e. The minimum atomic E-state index is 0.184. The van der Waals surface area contributed by atoms with Gasteiger partial charge in [0, 0.05) is 44.2 Å². The highest BCUT2D eigenvalue weighted by Crippen LogP contribution is 2.18. The Bertz CT molecular complexity index is 452. The molecule has 2 N–H and O–H groups in total. The first-order chi connectivity index (χ1) is 8.24. The summed E-state index contributed by atoms with van der Waals surface area (Å²) in [6.45, 7) is 4.82. The number of nitrogens with zero attached hydrogens (tertiary/aromatic N) is 2. The lowest BCUT2D eigenvalue weighted by atomic mass is 10.1. The van der Waals surface area contributed by atoms with Gasteiger partial charge in [-0.05, 0) is 13.3 Å². The van der Waals surface area contributed by atoms with Crippen LogP contribution in [0.25, 0.3) is 0 Å². The van der Waals surface area contributed by atoms with Gasteiger partial charge in [-0.1, -0.05) is 0 Å². The SMILES string of the molecule is Cc1nc2c(n1CC1CCC(=O)N1)CCNC2. The summed E-state index contributed by atoms with van der Waals surface area (Å²) in [5, 5.41) is 6.36. The molecule has 0 aromatic carbocycles. The topological polar surface area (TPSA) is 59.0 Å². The van der Waals surface area contributed by atoms with Crippen molar-refractivity contribution in [1.29, 1.82) is 0 Å². The van der Waals surface area contributed by atoms with Crippen LogP contribution in [0.15, 0.2) is 0 Å². The summed E-state index contributed by atoms with van der Waals surface area (Å²) >= 11 is 0. The van der Waals surface area contributed by atoms with Crippen molar-refractivity contribution in [2.75, 3.05) is 6.54 Å². The maximum atomic E-state index is 11.2. The van der Waals surface area contributed by atoms with E-state index in [1.165, 1.54) is 11.4 Å². The van der Waals surface area contributed by atoms with E-state index in [2.05, 4.69) is 27.1 Å². The number of hydrogen-bond acceptors (Lipinski definition) is 3. The molecule has 2 aliphatic rings. The van der Waals surface area contributed by atoms with Gasteiger partial charge in [0.15, 0.2) is 0 Å². The third-order valence-corrected chi connectivity index (χ3v) is 3.67. The minimum Gasteiger partial charge on any atom is -0.352 e. The lowest BCUT2D eigenvalue weighted by molar-refractivity contribution is -0.119. The van der Waals surface area contributed by atoms with Crippen LogP contribution < -0.4 is 10.6 Å². The normalized spacial score (nSPS) is 23.6. The van der Waals surface area contributed by atoms with Crippen LogP contribution in [0.1, 0.15) is 30.1 Å². The first-order valence-electron chi connectivity index (χ1n) is 6.29. The van der Waals surface area contributed by atoms with Crippen molar-refractivity contribution in [3.63, 3.8) is 0 Å². The zero-order valence-electron chi connectivity index (χ0n) is 10.1. The van der Waals surface area contributed by atoms with Gasteiger partial charge in [0.2, 0.25) is 5.91 Å². The molecule has 5 heteroatoms. The van der Waals surface area contributed by atoms with Crippen molar-refractivity contribution in [3.8, 4) is 0 Å². The van der Waals surface area contributed by atoms with E-state index in [1.807, 2.05) is 0 Å². The molecule has 1 unspecified atom stereocenters. The lowest BCUT2D eigenvalue weighted by Gasteiger charge is -2.18. The first kappa shape index (κ1) is 10.8. The maximum Gasteiger partial charge on any atom is 0.220 e. The van der Waals surface area contributed by atoms with E-state index in [0.717, 1.165) is 38.3 Å². The van der Waals surface area contributed by atoms with Crippen LogP contribution in [0.5, 0.6) is 0 Å². The number of hydrogen-bond donors (Lipinski definition) is 2. The van der Waals surface area contributed by atoms with Crippen LogP contribution >= 0.6 is 0 Å². The van der Waals surface area contributed by atoms with Gasteiger partial charge in [0.1, 0.15) is 5.82 Å². The molecule has 1 amide bonds. The molecular formula is C12H18N4O. The van der Waals surface area contributed by atoms with Gasteiger partial charge in [-0.25, -0.2) is 4.98 Å². The van der Waals surface area contributed by atoms with Crippen LogP contribution in [0.2, 0.25) is 0 Å². The van der Waals surface area contributed by atoms with Crippen molar-refractivity contribution >= 4 is 5.91 Å². The molecule has 5 nitrogen and oxygen atoms in total. The molecule has 1 saturated heterocycles. The van der Waals surface area contributed by atoms with E-state index in [9.17, 15) is 4.79 Å². The average molecular weight is 234 g/mol. The number of nitrogens with one attached hydrogen (secondary N) is 2. The van der Waals surface area contributed by atoms with Crippen LogP contribution in [0, 0.1) is 6.92 Å². The molecule has 0 bridgehead atoms. The summed E-state index contributed by atoms with van der Waals surface area (Å²) in [4.78, 5) is 15.8. The summed E-state index contributed by atoms with van der Waals surface area (Å²) in [7, 11) is 0. The Labute approximate surface area is 101 Å². The second-order valence-electron chi connectivity index (χ2n) is 4.89. The summed E-state index contributed by atoms with van der Waals surface area (Å²) in [6.07, 6.45) is 2.66. The van der Waals surface area contributed by atoms with Gasteiger partial charge in [0.25, 0.3) is 0 Å². The van der Waals surface area contributed by atoms with Crippen molar-refractivity contribution in [1.82, 2.24) is 20.2 Å². The third-order valence-electron chi connectivity index (χ3n) is 3.67. The van der Waals surface area contributed by atoms with Crippen LogP contribution in [-0.4, -0.2) is 28.0 Å². The molecule has 3 heterocycles. The zero-order chi connectivity index (χ0) is 11.8. The molecule has 1 aromatic heterocycles. The highest BCUT2D eigenvalue weighted by atomic mass is 16.1. The van der Waals surface area contributed by atoms with Gasteiger partial charge >= 0.3 is 0 Å². The molecule has 0 saturated carbocycles. The van der Waals surface area contributed by atoms with Gasteiger partial charge < -0.3 is 15.2 Å². The van der Waals surface area contributed by atoms with Gasteiger partial charge in [0.05, 0.1) is 5.69 Å². The number of carbonyl (C=O) groups excluding carboxylic acids is 1. The number of carbonyl (C=O) groups is 1. The fourth-order valence-corrected chi connectivity index (χ4v) is 2.78. The predicted molar refractivity (Wildman–Crippen MR) is 63.5 cm³/mol. The van der Waals surface area contributed by atoms with Crippen molar-refractivity contribution < 1.29 is 4.79 Å².